The van der Waals surface area contributed by atoms with E-state index in [4.69, 9.17) is 0 Å². The van der Waals surface area contributed by atoms with Crippen molar-refractivity contribution in [2.75, 3.05) is 0 Å². The van der Waals surface area contributed by atoms with E-state index in [0.717, 1.165) is 23.9 Å². The second-order valence-corrected chi connectivity index (χ2v) is 11.4. The molecular formula is C26H32N4O3S. The molecular weight excluding hydrogens is 448 g/mol. The zero-order valence-electron chi connectivity index (χ0n) is 19.3. The summed E-state index contributed by atoms with van der Waals surface area (Å²) in [5, 5.41) is 3.22. The Labute approximate surface area is 200 Å². The molecule has 2 aliphatic carbocycles. The molecule has 8 heteroatoms. The average molecular weight is 481 g/mol. The highest BCUT2D eigenvalue weighted by molar-refractivity contribution is 7.89. The normalized spacial score (nSPS) is 22.0. The van der Waals surface area contributed by atoms with Crippen LogP contribution in [0.4, 0.5) is 0 Å². The Hall–Kier alpha value is -2.71. The fourth-order valence-corrected chi connectivity index (χ4v) is 6.54. The highest BCUT2D eigenvalue weighted by atomic mass is 32.2. The van der Waals surface area contributed by atoms with Gasteiger partial charge in [-0.3, -0.25) is 4.79 Å². The lowest BCUT2D eigenvalue weighted by molar-refractivity contribution is -0.127. The first-order chi connectivity index (χ1) is 16.5. The van der Waals surface area contributed by atoms with Crippen LogP contribution in [0, 0.1) is 5.92 Å². The Morgan fingerprint density at radius 1 is 0.882 bits per heavy atom. The number of imidazole rings is 1. The van der Waals surface area contributed by atoms with Crippen LogP contribution >= 0.6 is 0 Å². The van der Waals surface area contributed by atoms with Crippen molar-refractivity contribution in [2.24, 2.45) is 5.92 Å². The van der Waals surface area contributed by atoms with Crippen LogP contribution < -0.4 is 10.0 Å². The maximum atomic E-state index is 13.1. The van der Waals surface area contributed by atoms with Crippen molar-refractivity contribution in [3.8, 4) is 11.4 Å². The number of fused-ring (bicyclic) bond motifs is 1. The summed E-state index contributed by atoms with van der Waals surface area (Å²) in [4.78, 5) is 20.7. The highest BCUT2D eigenvalue weighted by Gasteiger charge is 2.30. The predicted octanol–water partition coefficient (Wildman–Crippen LogP) is 4.52. The Morgan fingerprint density at radius 3 is 2.35 bits per heavy atom. The largest absolute Gasteiger partial charge is 0.353 e. The minimum Gasteiger partial charge on any atom is -0.353 e. The highest BCUT2D eigenvalue weighted by Crippen LogP contribution is 2.28. The van der Waals surface area contributed by atoms with Crippen LogP contribution in [0.15, 0.2) is 53.4 Å². The van der Waals surface area contributed by atoms with E-state index in [1.165, 1.54) is 19.3 Å². The predicted molar refractivity (Wildman–Crippen MR) is 133 cm³/mol. The molecule has 0 saturated heterocycles. The number of nitrogens with zero attached hydrogens (tertiary/aromatic N) is 1. The number of aromatic nitrogens is 2. The summed E-state index contributed by atoms with van der Waals surface area (Å²) < 4.78 is 29.0. The van der Waals surface area contributed by atoms with Crippen LogP contribution in [-0.4, -0.2) is 36.4 Å². The van der Waals surface area contributed by atoms with Crippen molar-refractivity contribution < 1.29 is 13.2 Å². The zero-order valence-corrected chi connectivity index (χ0v) is 20.1. The summed E-state index contributed by atoms with van der Waals surface area (Å²) in [5.74, 6) is 0.842. The quantitative estimate of drug-likeness (QED) is 0.483. The lowest BCUT2D eigenvalue weighted by atomic mass is 9.85. The number of amides is 1. The molecule has 7 nitrogen and oxygen atoms in total. The number of sulfonamides is 1. The summed E-state index contributed by atoms with van der Waals surface area (Å²) in [7, 11) is -3.67. The number of hydrogen-bond acceptors (Lipinski definition) is 4. The monoisotopic (exact) mass is 480 g/mol. The molecule has 34 heavy (non-hydrogen) atoms. The SMILES string of the molecule is O=C(NC1CCCCC1)C1CCC(NS(=O)(=O)c2ccc3[nH]c(-c4ccccc4)nc3c2)CC1. The van der Waals surface area contributed by atoms with Gasteiger partial charge in [0, 0.05) is 23.6 Å². The van der Waals surface area contributed by atoms with E-state index >= 15 is 0 Å². The first-order valence-electron chi connectivity index (χ1n) is 12.4. The lowest BCUT2D eigenvalue weighted by Crippen LogP contribution is -2.43. The van der Waals surface area contributed by atoms with E-state index in [0.29, 0.717) is 43.1 Å². The molecule has 1 amide bonds. The molecule has 1 heterocycles. The minimum atomic E-state index is -3.67. The van der Waals surface area contributed by atoms with Crippen LogP contribution in [-0.2, 0) is 14.8 Å². The van der Waals surface area contributed by atoms with Gasteiger partial charge in [0.15, 0.2) is 0 Å². The van der Waals surface area contributed by atoms with Gasteiger partial charge >= 0.3 is 0 Å². The molecule has 0 spiro atoms. The summed E-state index contributed by atoms with van der Waals surface area (Å²) >= 11 is 0. The molecule has 0 bridgehead atoms. The van der Waals surface area contributed by atoms with E-state index in [9.17, 15) is 13.2 Å². The van der Waals surface area contributed by atoms with E-state index < -0.39 is 10.0 Å². The summed E-state index contributed by atoms with van der Waals surface area (Å²) in [6.07, 6.45) is 8.57. The molecule has 1 aromatic heterocycles. The van der Waals surface area contributed by atoms with Crippen LogP contribution in [0.3, 0.4) is 0 Å². The molecule has 2 aliphatic rings. The molecule has 0 unspecified atom stereocenters. The molecule has 2 saturated carbocycles. The third-order valence-corrected chi connectivity index (χ3v) is 8.70. The van der Waals surface area contributed by atoms with Gasteiger partial charge in [-0.25, -0.2) is 18.1 Å². The zero-order chi connectivity index (χ0) is 23.5. The van der Waals surface area contributed by atoms with Gasteiger partial charge in [0.05, 0.1) is 15.9 Å². The Bertz CT molecular complexity index is 1240. The van der Waals surface area contributed by atoms with Gasteiger partial charge in [-0.2, -0.15) is 0 Å². The molecule has 3 N–H and O–H groups in total. The van der Waals surface area contributed by atoms with Crippen LogP contribution in [0.25, 0.3) is 22.4 Å². The van der Waals surface area contributed by atoms with Gasteiger partial charge < -0.3 is 10.3 Å². The van der Waals surface area contributed by atoms with Gasteiger partial charge in [-0.1, -0.05) is 49.6 Å². The topological polar surface area (TPSA) is 104 Å². The van der Waals surface area contributed by atoms with Gasteiger partial charge in [0.25, 0.3) is 0 Å². The summed E-state index contributed by atoms with van der Waals surface area (Å²) in [5.41, 5.74) is 2.36. The molecule has 0 aliphatic heterocycles. The van der Waals surface area contributed by atoms with E-state index in [1.54, 1.807) is 18.2 Å². The minimum absolute atomic E-state index is 0.0144. The fourth-order valence-electron chi connectivity index (χ4n) is 5.21. The molecule has 0 radical (unpaired) electrons. The van der Waals surface area contributed by atoms with Crippen molar-refractivity contribution in [1.29, 1.82) is 0 Å². The van der Waals surface area contributed by atoms with Gasteiger partial charge in [0.2, 0.25) is 15.9 Å². The van der Waals surface area contributed by atoms with Gasteiger partial charge in [0.1, 0.15) is 5.82 Å². The maximum absolute atomic E-state index is 13.1. The Morgan fingerprint density at radius 2 is 1.62 bits per heavy atom. The molecule has 3 aromatic rings. The van der Waals surface area contributed by atoms with Crippen molar-refractivity contribution in [3.63, 3.8) is 0 Å². The van der Waals surface area contributed by atoms with Crippen molar-refractivity contribution in [3.05, 3.63) is 48.5 Å². The number of carbonyl (C=O) groups is 1. The van der Waals surface area contributed by atoms with E-state index in [-0.39, 0.29) is 22.8 Å². The maximum Gasteiger partial charge on any atom is 0.240 e. The summed E-state index contributed by atoms with van der Waals surface area (Å²) in [6, 6.07) is 14.9. The second-order valence-electron chi connectivity index (χ2n) is 9.64. The van der Waals surface area contributed by atoms with Gasteiger partial charge in [-0.15, -0.1) is 0 Å². The second kappa shape index (κ2) is 9.88. The third kappa shape index (κ3) is 5.18. The number of aromatic amines is 1. The lowest BCUT2D eigenvalue weighted by Gasteiger charge is -2.30. The van der Waals surface area contributed by atoms with Crippen LogP contribution in [0.2, 0.25) is 0 Å². The smallest absolute Gasteiger partial charge is 0.240 e. The van der Waals surface area contributed by atoms with E-state index in [1.807, 2.05) is 30.3 Å². The van der Waals surface area contributed by atoms with Crippen molar-refractivity contribution in [2.45, 2.75) is 74.8 Å². The van der Waals surface area contributed by atoms with Crippen molar-refractivity contribution >= 4 is 27.0 Å². The number of hydrogen-bond donors (Lipinski definition) is 3. The van der Waals surface area contributed by atoms with Gasteiger partial charge in [-0.05, 0) is 56.7 Å². The van der Waals surface area contributed by atoms with Crippen molar-refractivity contribution in [1.82, 2.24) is 20.0 Å². The molecule has 180 valence electrons. The number of nitrogens with one attached hydrogen (secondary N) is 3. The van der Waals surface area contributed by atoms with E-state index in [2.05, 4.69) is 20.0 Å². The standard InChI is InChI=1S/C26H32N4O3S/c31-26(27-20-9-5-2-6-10-20)19-11-13-21(14-12-19)30-34(32,33)22-15-16-23-24(17-22)29-25(28-23)18-7-3-1-4-8-18/h1,3-4,7-8,15-17,19-21,30H,2,5-6,9-14H2,(H,27,31)(H,28,29). The number of H-pyrrole nitrogens is 1. The third-order valence-electron chi connectivity index (χ3n) is 7.18. The first-order valence-corrected chi connectivity index (χ1v) is 13.8. The molecule has 0 atom stereocenters. The Kier molecular flexibility index (Phi) is 6.70. The molecule has 2 fully saturated rings. The summed E-state index contributed by atoms with van der Waals surface area (Å²) in [6.45, 7) is 0. The number of rotatable bonds is 6. The first kappa shape index (κ1) is 23.1. The number of carbonyl (C=O) groups excluding carboxylic acids is 1. The van der Waals surface area contributed by atoms with Crippen LogP contribution in [0.5, 0.6) is 0 Å². The Balaban J connectivity index is 1.20. The number of benzene rings is 2. The van der Waals surface area contributed by atoms with Crippen LogP contribution in [0.1, 0.15) is 57.8 Å². The molecule has 5 rings (SSSR count). The average Bonchev–Trinajstić information content (AvgIpc) is 3.29. The fraction of sp³-hybridized carbons (Fsp3) is 0.462. The molecule has 2 aromatic carbocycles.